The number of nitriles is 1. The predicted octanol–water partition coefficient (Wildman–Crippen LogP) is 17.8. The molecule has 1 radical (unpaired) electrons. The molecule has 0 aliphatic rings. The Labute approximate surface area is 457 Å². The molecule has 4 aromatic heterocycles. The molecule has 0 atom stereocenters. The first-order chi connectivity index (χ1) is 37.1. The Morgan fingerprint density at radius 1 is 0.689 bits per heavy atom. The molecule has 0 saturated heterocycles. The Kier molecular flexibility index (Phi) is 11.7. The van der Waals surface area contributed by atoms with Gasteiger partial charge in [-0.1, -0.05) is 111 Å². The van der Waals surface area contributed by atoms with Gasteiger partial charge in [-0.15, -0.1) is 53.6 Å². The molecule has 0 aliphatic heterocycles. The summed E-state index contributed by atoms with van der Waals surface area (Å²) in [5.41, 5.74) is 14.4. The number of fused-ring (bicyclic) bond motifs is 7. The van der Waals surface area contributed by atoms with Crippen LogP contribution in [0.2, 0.25) is 0 Å². The van der Waals surface area contributed by atoms with Gasteiger partial charge in [0.05, 0.1) is 39.9 Å². The fraction of sp³-hybridized carbons (Fsp3) is 0.273. The molecule has 0 fully saturated rings. The topological polar surface area (TPSA) is 93.7 Å². The summed E-state index contributed by atoms with van der Waals surface area (Å²) in [4.78, 5) is 14.1. The summed E-state index contributed by atoms with van der Waals surface area (Å²) in [6, 6.07) is 42.9. The Morgan fingerprint density at radius 2 is 1.38 bits per heavy atom. The normalized spacial score (nSPS) is 13.6. The maximum Gasteiger partial charge on any atom is 0.136 e. The number of hydrogen-bond donors (Lipinski definition) is 0. The molecule has 4 heterocycles. The fourth-order valence-corrected chi connectivity index (χ4v) is 10.1. The number of benzene rings is 7. The van der Waals surface area contributed by atoms with Crippen LogP contribution >= 0.6 is 0 Å². The maximum absolute atomic E-state index is 9.53. The number of para-hydroxylation sites is 1. The molecule has 0 N–H and O–H groups in total. The Hall–Kier alpha value is -7.17. The number of nitrogens with zero attached hydrogens (tertiary/aromatic N) is 5. The number of imidazole rings is 1. The van der Waals surface area contributed by atoms with Crippen molar-refractivity contribution in [1.82, 2.24) is 19.5 Å². The third-order valence-electron chi connectivity index (χ3n) is 13.9. The molecule has 0 bridgehead atoms. The monoisotopic (exact) mass is 1160 g/mol. The van der Waals surface area contributed by atoms with Crippen molar-refractivity contribution in [3.05, 3.63) is 178 Å². The van der Waals surface area contributed by atoms with Gasteiger partial charge in [0.25, 0.3) is 0 Å². The Balaban J connectivity index is 0.000000391. The first kappa shape index (κ1) is 44.3. The van der Waals surface area contributed by atoms with Crippen LogP contribution in [0.15, 0.2) is 124 Å². The van der Waals surface area contributed by atoms with E-state index in [9.17, 15) is 5.26 Å². The molecule has 11 rings (SSSR count). The van der Waals surface area contributed by atoms with Crippen molar-refractivity contribution in [2.45, 2.75) is 119 Å². The standard InChI is InChI=1S/C52H48N3O2.C14H15N2.Ir/c1-27(2)38-22-34(46-31(7)19-35(20-32(46)8)52(9,10)11)23-39(28(3)4)49(38)55-48-30(6)13-12-14-42(48)54-51(55)37-17-15-29(5)47-41-25-44-40(24-45(41)57-50(37)47)36-18-16-33(26-53)21-43(36)56-44;1-14(2,3)12-9-10-15-13(16-12)11-7-5-4-6-8-11;/h12-16,18-25,27-28H,1-11H3;4-7,9-10H,1-3H3;/q2*-1;/i5D3,6D3;;. The third kappa shape index (κ3) is 9.27. The smallest absolute Gasteiger partial charge is 0.136 e. The van der Waals surface area contributed by atoms with E-state index in [4.69, 9.17) is 22.0 Å². The number of furan rings is 2. The van der Waals surface area contributed by atoms with Crippen molar-refractivity contribution in [3.63, 3.8) is 0 Å². The van der Waals surface area contributed by atoms with E-state index in [-0.39, 0.29) is 59.5 Å². The molecule has 0 aliphatic carbocycles. The fourth-order valence-electron chi connectivity index (χ4n) is 10.1. The molecule has 74 heavy (non-hydrogen) atoms. The van der Waals surface area contributed by atoms with Gasteiger partial charge < -0.3 is 13.4 Å². The van der Waals surface area contributed by atoms with Gasteiger partial charge in [0.2, 0.25) is 0 Å². The minimum atomic E-state index is -2.55. The van der Waals surface area contributed by atoms with Gasteiger partial charge in [0.1, 0.15) is 16.7 Å². The number of hydrogen-bond acceptors (Lipinski definition) is 6. The number of aromatic nitrogens is 4. The van der Waals surface area contributed by atoms with E-state index in [0.29, 0.717) is 55.5 Å². The van der Waals surface area contributed by atoms with Gasteiger partial charge in [-0.25, -0.2) is 0 Å². The van der Waals surface area contributed by atoms with Gasteiger partial charge >= 0.3 is 0 Å². The van der Waals surface area contributed by atoms with Gasteiger partial charge in [-0.05, 0) is 137 Å². The molecule has 8 heteroatoms. The largest absolute Gasteiger partial charge is 0.501 e. The summed E-state index contributed by atoms with van der Waals surface area (Å²) in [5, 5.41) is 12.0. The van der Waals surface area contributed by atoms with Gasteiger partial charge in [0, 0.05) is 67.5 Å². The van der Waals surface area contributed by atoms with E-state index in [1.807, 2.05) is 59.3 Å². The minimum Gasteiger partial charge on any atom is -0.501 e. The minimum absolute atomic E-state index is 0. The van der Waals surface area contributed by atoms with E-state index >= 15 is 0 Å². The number of aryl methyl sites for hydroxylation is 4. The average Bonchev–Trinajstić information content (AvgIpc) is 4.16. The molecule has 0 saturated carbocycles. The molecule has 375 valence electrons. The summed E-state index contributed by atoms with van der Waals surface area (Å²) >= 11 is 0. The molecule has 0 unspecified atom stereocenters. The Morgan fingerprint density at radius 3 is 2.01 bits per heavy atom. The first-order valence-electron chi connectivity index (χ1n) is 27.9. The zero-order valence-corrected chi connectivity index (χ0v) is 46.4. The quantitative estimate of drug-likeness (QED) is 0.154. The van der Waals surface area contributed by atoms with Crippen LogP contribution in [0.3, 0.4) is 0 Å². The second-order valence-corrected chi connectivity index (χ2v) is 21.9. The molecule has 0 amide bonds. The van der Waals surface area contributed by atoms with Crippen molar-refractivity contribution in [2.24, 2.45) is 0 Å². The second kappa shape index (κ2) is 19.6. The molecular weight excluding hydrogens is 1090 g/mol. The van der Waals surface area contributed by atoms with Crippen molar-refractivity contribution in [1.29, 1.82) is 5.26 Å². The zero-order chi connectivity index (χ0) is 56.8. The van der Waals surface area contributed by atoms with Crippen LogP contribution in [-0.2, 0) is 30.9 Å². The van der Waals surface area contributed by atoms with Gasteiger partial charge in [0.15, 0.2) is 0 Å². The average molecular weight is 1160 g/mol. The second-order valence-electron chi connectivity index (χ2n) is 21.9. The van der Waals surface area contributed by atoms with E-state index in [1.165, 1.54) is 28.3 Å². The van der Waals surface area contributed by atoms with Crippen LogP contribution in [0.25, 0.3) is 94.5 Å². The van der Waals surface area contributed by atoms with E-state index in [2.05, 4.69) is 136 Å². The summed E-state index contributed by atoms with van der Waals surface area (Å²) in [5.74, 6) is 1.09. The van der Waals surface area contributed by atoms with Crippen LogP contribution in [0.5, 0.6) is 0 Å². The predicted molar refractivity (Wildman–Crippen MR) is 301 cm³/mol. The van der Waals surface area contributed by atoms with Gasteiger partial charge in [-0.2, -0.15) is 5.26 Å². The molecule has 11 aromatic rings. The van der Waals surface area contributed by atoms with Gasteiger partial charge in [-0.3, -0.25) is 15.0 Å². The van der Waals surface area contributed by atoms with E-state index in [0.717, 1.165) is 50.2 Å². The molecular formula is C66H63IrN5O2-2. The summed E-state index contributed by atoms with van der Waals surface area (Å²) in [6.07, 6.45) is 1.81. The van der Waals surface area contributed by atoms with E-state index < -0.39 is 13.7 Å². The van der Waals surface area contributed by atoms with Crippen LogP contribution in [0.4, 0.5) is 0 Å². The number of rotatable bonds is 6. The van der Waals surface area contributed by atoms with Crippen LogP contribution in [-0.4, -0.2) is 19.5 Å². The van der Waals surface area contributed by atoms with Crippen LogP contribution in [0, 0.1) is 51.0 Å². The van der Waals surface area contributed by atoms with Crippen LogP contribution < -0.4 is 0 Å². The summed E-state index contributed by atoms with van der Waals surface area (Å²) in [6.45, 7) is 21.0. The van der Waals surface area contributed by atoms with Crippen LogP contribution in [0.1, 0.15) is 139 Å². The first-order valence-corrected chi connectivity index (χ1v) is 24.9. The summed E-state index contributed by atoms with van der Waals surface area (Å²) < 4.78 is 67.3. The van der Waals surface area contributed by atoms with Crippen molar-refractivity contribution in [2.75, 3.05) is 0 Å². The van der Waals surface area contributed by atoms with Crippen molar-refractivity contribution in [3.8, 4) is 45.7 Å². The van der Waals surface area contributed by atoms with Crippen molar-refractivity contribution < 1.29 is 37.2 Å². The Bertz CT molecular complexity index is 4190. The zero-order valence-electron chi connectivity index (χ0n) is 50.0. The molecule has 7 aromatic carbocycles. The van der Waals surface area contributed by atoms with Crippen molar-refractivity contribution >= 4 is 54.9 Å². The maximum atomic E-state index is 9.53. The third-order valence-corrected chi connectivity index (χ3v) is 13.9. The molecule has 0 spiro atoms. The van der Waals surface area contributed by atoms with E-state index in [1.54, 1.807) is 30.3 Å². The molecule has 7 nitrogen and oxygen atoms in total. The SMILES string of the molecule is CC(C)(C)c1ccnc(-c2[c-]cccc2)n1.[2H]C([2H])([2H])c1c[c-]c(-c2nc3cccc(C([2H])([2H])[2H])c3n2-c2c(C(C)C)cc(-c3c(C)cc(C(C)(C)C)cc3C)cc2C(C)C)c2oc3cc4c(cc3c12)oc1cc(C#N)ccc14.[Ir]. The summed E-state index contributed by atoms with van der Waals surface area (Å²) in [7, 11) is 0.